The SMILES string of the molecule is Brc1cncc(-c2nc(N3CCCNCC3)n[nH]2)c1. The van der Waals surface area contributed by atoms with Gasteiger partial charge in [-0.1, -0.05) is 0 Å². The molecule has 0 aliphatic carbocycles. The Kier molecular flexibility index (Phi) is 3.74. The topological polar surface area (TPSA) is 69.7 Å². The van der Waals surface area contributed by atoms with E-state index in [1.807, 2.05) is 6.07 Å². The van der Waals surface area contributed by atoms with Crippen molar-refractivity contribution in [1.29, 1.82) is 0 Å². The lowest BCUT2D eigenvalue weighted by molar-refractivity contribution is 0.724. The van der Waals surface area contributed by atoms with Gasteiger partial charge in [0, 0.05) is 42.1 Å². The Labute approximate surface area is 119 Å². The highest BCUT2D eigenvalue weighted by atomic mass is 79.9. The number of pyridine rings is 1. The van der Waals surface area contributed by atoms with Gasteiger partial charge in [0.05, 0.1) is 0 Å². The van der Waals surface area contributed by atoms with E-state index in [0.29, 0.717) is 0 Å². The molecule has 6 nitrogen and oxygen atoms in total. The van der Waals surface area contributed by atoms with Crippen LogP contribution < -0.4 is 10.2 Å². The van der Waals surface area contributed by atoms with Gasteiger partial charge in [-0.3, -0.25) is 10.1 Å². The fourth-order valence-corrected chi connectivity index (χ4v) is 2.48. The second-order valence-corrected chi connectivity index (χ2v) is 5.38. The second kappa shape index (κ2) is 5.66. The van der Waals surface area contributed by atoms with Gasteiger partial charge in [0.15, 0.2) is 5.82 Å². The molecule has 1 aliphatic rings. The zero-order valence-corrected chi connectivity index (χ0v) is 12.0. The highest BCUT2D eigenvalue weighted by Crippen LogP contribution is 2.20. The minimum absolute atomic E-state index is 0.751. The molecule has 0 bridgehead atoms. The lowest BCUT2D eigenvalue weighted by Crippen LogP contribution is -2.28. The molecule has 2 aromatic heterocycles. The Balaban J connectivity index is 1.82. The van der Waals surface area contributed by atoms with Crippen LogP contribution >= 0.6 is 15.9 Å². The van der Waals surface area contributed by atoms with Crippen molar-refractivity contribution in [1.82, 2.24) is 25.5 Å². The van der Waals surface area contributed by atoms with Crippen molar-refractivity contribution in [2.24, 2.45) is 0 Å². The van der Waals surface area contributed by atoms with Gasteiger partial charge in [0.25, 0.3) is 0 Å². The number of nitrogens with zero attached hydrogens (tertiary/aromatic N) is 4. The normalized spacial score (nSPS) is 16.4. The minimum atomic E-state index is 0.751. The van der Waals surface area contributed by atoms with E-state index in [1.165, 1.54) is 0 Å². The standard InChI is InChI=1S/C12H15BrN6/c13-10-6-9(7-15-8-10)11-16-12(18-17-11)19-4-1-2-14-3-5-19/h6-8,14H,1-5H2,(H,16,17,18). The molecule has 0 saturated carbocycles. The first-order valence-corrected chi connectivity index (χ1v) is 7.11. The first-order chi connectivity index (χ1) is 9.33. The summed E-state index contributed by atoms with van der Waals surface area (Å²) >= 11 is 3.41. The maximum Gasteiger partial charge on any atom is 0.245 e. The molecule has 100 valence electrons. The van der Waals surface area contributed by atoms with Crippen LogP contribution in [0.25, 0.3) is 11.4 Å². The zero-order chi connectivity index (χ0) is 13.1. The van der Waals surface area contributed by atoms with Gasteiger partial charge in [-0.05, 0) is 35.0 Å². The average molecular weight is 323 g/mol. The molecule has 7 heteroatoms. The van der Waals surface area contributed by atoms with Crippen LogP contribution in [0, 0.1) is 0 Å². The van der Waals surface area contributed by atoms with Crippen LogP contribution in [0.2, 0.25) is 0 Å². The number of rotatable bonds is 2. The summed E-state index contributed by atoms with van der Waals surface area (Å²) in [6, 6.07) is 1.97. The van der Waals surface area contributed by atoms with Crippen LogP contribution in [-0.2, 0) is 0 Å². The van der Waals surface area contributed by atoms with E-state index >= 15 is 0 Å². The van der Waals surface area contributed by atoms with E-state index < -0.39 is 0 Å². The molecule has 0 spiro atoms. The minimum Gasteiger partial charge on any atom is -0.338 e. The van der Waals surface area contributed by atoms with Crippen molar-refractivity contribution in [3.8, 4) is 11.4 Å². The molecule has 1 aliphatic heterocycles. The molecule has 0 aromatic carbocycles. The molecule has 1 saturated heterocycles. The highest BCUT2D eigenvalue weighted by molar-refractivity contribution is 9.10. The quantitative estimate of drug-likeness (QED) is 0.875. The summed E-state index contributed by atoms with van der Waals surface area (Å²) in [7, 11) is 0. The average Bonchev–Trinajstić information content (AvgIpc) is 2.75. The van der Waals surface area contributed by atoms with Crippen LogP contribution in [-0.4, -0.2) is 46.3 Å². The fourth-order valence-electron chi connectivity index (χ4n) is 2.11. The largest absolute Gasteiger partial charge is 0.338 e. The van der Waals surface area contributed by atoms with E-state index in [9.17, 15) is 0 Å². The second-order valence-electron chi connectivity index (χ2n) is 4.47. The lowest BCUT2D eigenvalue weighted by Gasteiger charge is -2.16. The summed E-state index contributed by atoms with van der Waals surface area (Å²) in [5, 5.41) is 10.7. The predicted molar refractivity (Wildman–Crippen MR) is 77.0 cm³/mol. The third-order valence-electron chi connectivity index (χ3n) is 3.07. The number of H-pyrrole nitrogens is 1. The Morgan fingerprint density at radius 1 is 1.21 bits per heavy atom. The van der Waals surface area contributed by atoms with Crippen molar-refractivity contribution in [3.05, 3.63) is 22.9 Å². The molecule has 19 heavy (non-hydrogen) atoms. The van der Waals surface area contributed by atoms with Crippen molar-refractivity contribution in [2.45, 2.75) is 6.42 Å². The molecule has 2 N–H and O–H groups in total. The monoisotopic (exact) mass is 322 g/mol. The van der Waals surface area contributed by atoms with E-state index in [2.05, 4.69) is 46.3 Å². The number of hydrogen-bond donors (Lipinski definition) is 2. The summed E-state index contributed by atoms with van der Waals surface area (Å²) in [5.74, 6) is 1.51. The first kappa shape index (κ1) is 12.6. The van der Waals surface area contributed by atoms with Crippen LogP contribution in [0.3, 0.4) is 0 Å². The zero-order valence-electron chi connectivity index (χ0n) is 10.4. The maximum atomic E-state index is 4.56. The molecule has 0 atom stereocenters. The van der Waals surface area contributed by atoms with Crippen molar-refractivity contribution in [2.75, 3.05) is 31.1 Å². The number of anilines is 1. The molecule has 0 unspecified atom stereocenters. The van der Waals surface area contributed by atoms with Crippen molar-refractivity contribution in [3.63, 3.8) is 0 Å². The third kappa shape index (κ3) is 2.93. The first-order valence-electron chi connectivity index (χ1n) is 6.32. The summed E-state index contributed by atoms with van der Waals surface area (Å²) in [6.07, 6.45) is 4.64. The van der Waals surface area contributed by atoms with E-state index in [4.69, 9.17) is 0 Å². The van der Waals surface area contributed by atoms with Gasteiger partial charge in [-0.25, -0.2) is 0 Å². The van der Waals surface area contributed by atoms with Gasteiger partial charge >= 0.3 is 0 Å². The fraction of sp³-hybridized carbons (Fsp3) is 0.417. The summed E-state index contributed by atoms with van der Waals surface area (Å²) < 4.78 is 0.932. The third-order valence-corrected chi connectivity index (χ3v) is 3.51. The number of nitrogens with one attached hydrogen (secondary N) is 2. The Morgan fingerprint density at radius 2 is 2.16 bits per heavy atom. The molecule has 3 heterocycles. The van der Waals surface area contributed by atoms with Crippen LogP contribution in [0.15, 0.2) is 22.9 Å². The van der Waals surface area contributed by atoms with E-state index in [0.717, 1.165) is 54.4 Å². The number of halogens is 1. The summed E-state index contributed by atoms with van der Waals surface area (Å²) in [6.45, 7) is 3.96. The smallest absolute Gasteiger partial charge is 0.245 e. The highest BCUT2D eigenvalue weighted by Gasteiger charge is 2.14. The van der Waals surface area contributed by atoms with E-state index in [-0.39, 0.29) is 0 Å². The molecule has 2 aromatic rings. The van der Waals surface area contributed by atoms with E-state index in [1.54, 1.807) is 12.4 Å². The molecule has 0 amide bonds. The van der Waals surface area contributed by atoms with Crippen LogP contribution in [0.1, 0.15) is 6.42 Å². The molecule has 0 radical (unpaired) electrons. The van der Waals surface area contributed by atoms with Gasteiger partial charge in [-0.2, -0.15) is 4.98 Å². The molecule has 1 fully saturated rings. The van der Waals surface area contributed by atoms with Gasteiger partial charge in [-0.15, -0.1) is 5.10 Å². The lowest BCUT2D eigenvalue weighted by atomic mass is 10.3. The Bertz CT molecular complexity index is 547. The van der Waals surface area contributed by atoms with Crippen molar-refractivity contribution < 1.29 is 0 Å². The number of aromatic amines is 1. The number of aromatic nitrogens is 4. The predicted octanol–water partition coefficient (Wildman–Crippen LogP) is 1.43. The van der Waals surface area contributed by atoms with Gasteiger partial charge in [0.1, 0.15) is 0 Å². The maximum absolute atomic E-state index is 4.56. The summed E-state index contributed by atoms with van der Waals surface area (Å²) in [4.78, 5) is 10.9. The van der Waals surface area contributed by atoms with Crippen molar-refractivity contribution >= 4 is 21.9 Å². The van der Waals surface area contributed by atoms with Crippen LogP contribution in [0.4, 0.5) is 5.95 Å². The Morgan fingerprint density at radius 3 is 3.05 bits per heavy atom. The van der Waals surface area contributed by atoms with Gasteiger partial charge < -0.3 is 10.2 Å². The molecular formula is C12H15BrN6. The number of hydrogen-bond acceptors (Lipinski definition) is 5. The molecular weight excluding hydrogens is 308 g/mol. The summed E-state index contributed by atoms with van der Waals surface area (Å²) in [5.41, 5.74) is 0.932. The van der Waals surface area contributed by atoms with Crippen LogP contribution in [0.5, 0.6) is 0 Å². The molecule has 3 rings (SSSR count). The Hall–Kier alpha value is -1.47. The van der Waals surface area contributed by atoms with Gasteiger partial charge in [0.2, 0.25) is 5.95 Å².